The molecule has 0 bridgehead atoms. The molecule has 0 aromatic heterocycles. The van der Waals surface area contributed by atoms with Gasteiger partial charge in [0.1, 0.15) is 0 Å². The number of amides is 1. The third-order valence-corrected chi connectivity index (χ3v) is 5.72. The van der Waals surface area contributed by atoms with Gasteiger partial charge in [0.15, 0.2) is 0 Å². The highest BCUT2D eigenvalue weighted by Crippen LogP contribution is 2.19. The average Bonchev–Trinajstić information content (AvgIpc) is 2.55. The summed E-state index contributed by atoms with van der Waals surface area (Å²) in [6.45, 7) is 3.47. The highest BCUT2D eigenvalue weighted by molar-refractivity contribution is 7.89. The molecule has 2 rings (SSSR count). The smallest absolute Gasteiger partial charge is 0.240 e. The number of nitrogens with zero attached hydrogens (tertiary/aromatic N) is 1. The fraction of sp³-hybridized carbons (Fsp3) is 0.562. The van der Waals surface area contributed by atoms with Crippen molar-refractivity contribution < 1.29 is 13.2 Å². The molecular weight excluding hydrogens is 314 g/mol. The van der Waals surface area contributed by atoms with E-state index in [0.29, 0.717) is 12.5 Å². The summed E-state index contributed by atoms with van der Waals surface area (Å²) in [5.74, 6) is 0.305. The standard InChI is InChI=1S/C16H25N3O3S/c1-13(17)14-6-5-11-19(12-14)16(20)9-10-18-23(21,22)15-7-3-2-4-8-15/h2-4,7-8,13-14,18H,5-6,9-12,17H2,1H3. The summed E-state index contributed by atoms with van der Waals surface area (Å²) in [4.78, 5) is 14.2. The molecule has 0 saturated carbocycles. The van der Waals surface area contributed by atoms with E-state index in [0.717, 1.165) is 19.4 Å². The molecule has 1 aromatic rings. The van der Waals surface area contributed by atoms with Crippen molar-refractivity contribution in [1.29, 1.82) is 0 Å². The Labute approximate surface area is 138 Å². The largest absolute Gasteiger partial charge is 0.342 e. The Morgan fingerprint density at radius 1 is 1.39 bits per heavy atom. The van der Waals surface area contributed by atoms with E-state index in [9.17, 15) is 13.2 Å². The van der Waals surface area contributed by atoms with Crippen molar-refractivity contribution in [1.82, 2.24) is 9.62 Å². The summed E-state index contributed by atoms with van der Waals surface area (Å²) < 4.78 is 26.6. The Balaban J connectivity index is 1.83. The Bertz CT molecular complexity index is 617. The minimum Gasteiger partial charge on any atom is -0.342 e. The number of benzene rings is 1. The first-order valence-electron chi connectivity index (χ1n) is 7.98. The van der Waals surface area contributed by atoms with Crippen molar-refractivity contribution >= 4 is 15.9 Å². The van der Waals surface area contributed by atoms with Crippen LogP contribution >= 0.6 is 0 Å². The molecule has 3 N–H and O–H groups in total. The van der Waals surface area contributed by atoms with Gasteiger partial charge in [0, 0.05) is 32.1 Å². The van der Waals surface area contributed by atoms with Gasteiger partial charge in [-0.15, -0.1) is 0 Å². The van der Waals surface area contributed by atoms with Gasteiger partial charge in [0.05, 0.1) is 4.90 Å². The van der Waals surface area contributed by atoms with E-state index in [4.69, 9.17) is 5.73 Å². The zero-order valence-electron chi connectivity index (χ0n) is 13.4. The number of nitrogens with one attached hydrogen (secondary N) is 1. The van der Waals surface area contributed by atoms with Crippen LogP contribution in [0.2, 0.25) is 0 Å². The molecule has 1 heterocycles. The Hall–Kier alpha value is -1.44. The van der Waals surface area contributed by atoms with Gasteiger partial charge in [0.25, 0.3) is 0 Å². The topological polar surface area (TPSA) is 92.5 Å². The monoisotopic (exact) mass is 339 g/mol. The normalized spacial score (nSPS) is 20.3. The zero-order valence-corrected chi connectivity index (χ0v) is 14.3. The van der Waals surface area contributed by atoms with Gasteiger partial charge < -0.3 is 10.6 Å². The average molecular weight is 339 g/mol. The van der Waals surface area contributed by atoms with E-state index in [-0.39, 0.29) is 29.8 Å². The molecule has 2 atom stereocenters. The van der Waals surface area contributed by atoms with Gasteiger partial charge in [-0.25, -0.2) is 13.1 Å². The van der Waals surface area contributed by atoms with E-state index in [1.807, 2.05) is 6.92 Å². The molecule has 1 aliphatic rings. The van der Waals surface area contributed by atoms with Crippen molar-refractivity contribution in [2.75, 3.05) is 19.6 Å². The molecule has 0 radical (unpaired) electrons. The molecule has 0 aliphatic carbocycles. The van der Waals surface area contributed by atoms with Gasteiger partial charge in [-0.05, 0) is 37.8 Å². The van der Waals surface area contributed by atoms with Crippen molar-refractivity contribution in [3.63, 3.8) is 0 Å². The molecule has 0 spiro atoms. The van der Waals surface area contributed by atoms with Crippen molar-refractivity contribution in [2.24, 2.45) is 11.7 Å². The molecule has 1 fully saturated rings. The van der Waals surface area contributed by atoms with Crippen LogP contribution in [0.5, 0.6) is 0 Å². The second kappa shape index (κ2) is 7.90. The second-order valence-corrected chi connectivity index (χ2v) is 7.83. The lowest BCUT2D eigenvalue weighted by atomic mass is 9.92. The number of hydrogen-bond donors (Lipinski definition) is 2. The van der Waals surface area contributed by atoms with Crippen LogP contribution in [0.4, 0.5) is 0 Å². The van der Waals surface area contributed by atoms with Crippen molar-refractivity contribution in [3.05, 3.63) is 30.3 Å². The quantitative estimate of drug-likeness (QED) is 0.807. The second-order valence-electron chi connectivity index (χ2n) is 6.06. The summed E-state index contributed by atoms with van der Waals surface area (Å²) in [6, 6.07) is 8.23. The summed E-state index contributed by atoms with van der Waals surface area (Å²) >= 11 is 0. The summed E-state index contributed by atoms with van der Waals surface area (Å²) in [5.41, 5.74) is 5.92. The summed E-state index contributed by atoms with van der Waals surface area (Å²) in [7, 11) is -3.55. The SMILES string of the molecule is CC(N)C1CCCN(C(=O)CCNS(=O)(=O)c2ccccc2)C1. The molecule has 23 heavy (non-hydrogen) atoms. The first-order chi connectivity index (χ1) is 10.9. The minimum atomic E-state index is -3.55. The number of rotatable bonds is 6. The fourth-order valence-corrected chi connectivity index (χ4v) is 3.85. The van der Waals surface area contributed by atoms with Gasteiger partial charge in [-0.3, -0.25) is 4.79 Å². The number of piperidine rings is 1. The third kappa shape index (κ3) is 5.02. The number of likely N-dealkylation sites (tertiary alicyclic amines) is 1. The lowest BCUT2D eigenvalue weighted by molar-refractivity contribution is -0.132. The van der Waals surface area contributed by atoms with Gasteiger partial charge >= 0.3 is 0 Å². The maximum atomic E-state index is 12.2. The lowest BCUT2D eigenvalue weighted by Gasteiger charge is -2.34. The maximum absolute atomic E-state index is 12.2. The minimum absolute atomic E-state index is 0.0221. The van der Waals surface area contributed by atoms with Crippen molar-refractivity contribution in [2.45, 2.75) is 37.1 Å². The van der Waals surface area contributed by atoms with Crippen LogP contribution in [0.25, 0.3) is 0 Å². The number of carbonyl (C=O) groups is 1. The molecule has 2 unspecified atom stereocenters. The fourth-order valence-electron chi connectivity index (χ4n) is 2.80. The molecule has 1 saturated heterocycles. The van der Waals surface area contributed by atoms with E-state index in [2.05, 4.69) is 4.72 Å². The molecule has 1 aromatic carbocycles. The highest BCUT2D eigenvalue weighted by atomic mass is 32.2. The Morgan fingerprint density at radius 3 is 2.74 bits per heavy atom. The maximum Gasteiger partial charge on any atom is 0.240 e. The van der Waals surface area contributed by atoms with E-state index in [1.165, 1.54) is 12.1 Å². The van der Waals surface area contributed by atoms with Crippen LogP contribution in [0, 0.1) is 5.92 Å². The first-order valence-corrected chi connectivity index (χ1v) is 9.46. The van der Waals surface area contributed by atoms with Gasteiger partial charge in [0.2, 0.25) is 15.9 Å². The van der Waals surface area contributed by atoms with Gasteiger partial charge in [-0.2, -0.15) is 0 Å². The Morgan fingerprint density at radius 2 is 2.09 bits per heavy atom. The first kappa shape index (κ1) is 17.9. The number of sulfonamides is 1. The number of nitrogens with two attached hydrogens (primary N) is 1. The molecule has 7 heteroatoms. The molecule has 1 amide bonds. The zero-order chi connectivity index (χ0) is 16.9. The molecular formula is C16H25N3O3S. The highest BCUT2D eigenvalue weighted by Gasteiger charge is 2.25. The van der Waals surface area contributed by atoms with E-state index < -0.39 is 10.0 Å². The van der Waals surface area contributed by atoms with Crippen LogP contribution in [0.15, 0.2) is 35.2 Å². The Kier molecular flexibility index (Phi) is 6.15. The predicted molar refractivity (Wildman–Crippen MR) is 89.2 cm³/mol. The number of hydrogen-bond acceptors (Lipinski definition) is 4. The molecule has 128 valence electrons. The number of carbonyl (C=O) groups excluding carboxylic acids is 1. The third-order valence-electron chi connectivity index (χ3n) is 4.24. The summed E-state index contributed by atoms with van der Waals surface area (Å²) in [6.07, 6.45) is 2.16. The van der Waals surface area contributed by atoms with Crippen LogP contribution in [-0.2, 0) is 14.8 Å². The van der Waals surface area contributed by atoms with Crippen molar-refractivity contribution in [3.8, 4) is 0 Å². The van der Waals surface area contributed by atoms with E-state index >= 15 is 0 Å². The van der Waals surface area contributed by atoms with Crippen LogP contribution in [0.3, 0.4) is 0 Å². The van der Waals surface area contributed by atoms with Crippen LogP contribution in [0.1, 0.15) is 26.2 Å². The van der Waals surface area contributed by atoms with E-state index in [1.54, 1.807) is 23.1 Å². The van der Waals surface area contributed by atoms with Gasteiger partial charge in [-0.1, -0.05) is 18.2 Å². The molecule has 1 aliphatic heterocycles. The summed E-state index contributed by atoms with van der Waals surface area (Å²) in [5, 5.41) is 0. The lowest BCUT2D eigenvalue weighted by Crippen LogP contribution is -2.45. The van der Waals surface area contributed by atoms with Crippen LogP contribution < -0.4 is 10.5 Å². The van der Waals surface area contributed by atoms with Crippen LogP contribution in [-0.4, -0.2) is 44.9 Å². The predicted octanol–water partition coefficient (Wildman–Crippen LogP) is 0.941. The molecule has 6 nitrogen and oxygen atoms in total.